The summed E-state index contributed by atoms with van der Waals surface area (Å²) in [5.41, 5.74) is 8.41. The second-order valence-corrected chi connectivity index (χ2v) is 5.37. The van der Waals surface area contributed by atoms with Gasteiger partial charge in [0.1, 0.15) is 0 Å². The Morgan fingerprint density at radius 1 is 1.28 bits per heavy atom. The summed E-state index contributed by atoms with van der Waals surface area (Å²) in [6.45, 7) is 3.50. The minimum Gasteiger partial charge on any atom is -0.351 e. The van der Waals surface area contributed by atoms with Crippen LogP contribution in [0.4, 0.5) is 4.79 Å². The number of benzene rings is 1. The summed E-state index contributed by atoms with van der Waals surface area (Å²) >= 11 is 0. The Labute approximate surface area is 107 Å². The van der Waals surface area contributed by atoms with Crippen molar-refractivity contribution in [3.8, 4) is 0 Å². The van der Waals surface area contributed by atoms with Gasteiger partial charge in [-0.25, -0.2) is 4.79 Å². The minimum atomic E-state index is -0.290. The number of primary amides is 1. The van der Waals surface area contributed by atoms with Crippen LogP contribution >= 0.6 is 0 Å². The molecule has 2 amide bonds. The Balaban J connectivity index is 1.88. The van der Waals surface area contributed by atoms with E-state index in [1.165, 1.54) is 11.1 Å². The van der Waals surface area contributed by atoms with Crippen molar-refractivity contribution < 1.29 is 4.79 Å². The van der Waals surface area contributed by atoms with Crippen molar-refractivity contribution in [2.24, 2.45) is 5.73 Å². The van der Waals surface area contributed by atoms with E-state index in [4.69, 9.17) is 5.73 Å². The number of piperidine rings is 1. The molecule has 0 aliphatic carbocycles. The van der Waals surface area contributed by atoms with Gasteiger partial charge in [0.2, 0.25) is 0 Å². The first-order valence-electron chi connectivity index (χ1n) is 6.55. The molecular weight excluding hydrogens is 226 g/mol. The topological polar surface area (TPSA) is 58.4 Å². The molecule has 4 heteroatoms. The molecule has 0 aromatic heterocycles. The molecule has 0 radical (unpaired) electrons. The van der Waals surface area contributed by atoms with Gasteiger partial charge in [0, 0.05) is 31.6 Å². The van der Waals surface area contributed by atoms with E-state index in [2.05, 4.69) is 29.6 Å². The molecular formula is C14H19N3O. The van der Waals surface area contributed by atoms with Crippen molar-refractivity contribution >= 4 is 6.03 Å². The number of amides is 2. The predicted molar refractivity (Wildman–Crippen MR) is 70.2 cm³/mol. The number of urea groups is 1. The second-order valence-electron chi connectivity index (χ2n) is 5.37. The number of fused-ring (bicyclic) bond motifs is 2. The second kappa shape index (κ2) is 4.28. The van der Waals surface area contributed by atoms with Gasteiger partial charge in [0.15, 0.2) is 0 Å². The molecule has 0 unspecified atom stereocenters. The number of hydrogen-bond donors (Lipinski definition) is 2. The van der Waals surface area contributed by atoms with Gasteiger partial charge in [0.05, 0.1) is 0 Å². The van der Waals surface area contributed by atoms with Gasteiger partial charge in [0.25, 0.3) is 0 Å². The van der Waals surface area contributed by atoms with Crippen molar-refractivity contribution in [2.45, 2.75) is 24.8 Å². The summed E-state index contributed by atoms with van der Waals surface area (Å²) in [4.78, 5) is 13.0. The largest absolute Gasteiger partial charge is 0.351 e. The van der Waals surface area contributed by atoms with E-state index >= 15 is 0 Å². The van der Waals surface area contributed by atoms with Crippen molar-refractivity contribution in [1.29, 1.82) is 0 Å². The van der Waals surface area contributed by atoms with E-state index in [-0.39, 0.29) is 11.4 Å². The van der Waals surface area contributed by atoms with E-state index in [1.54, 1.807) is 4.90 Å². The van der Waals surface area contributed by atoms with Gasteiger partial charge in [-0.05, 0) is 24.0 Å². The summed E-state index contributed by atoms with van der Waals surface area (Å²) in [7, 11) is 0. The number of nitrogens with two attached hydrogens (primary N) is 1. The van der Waals surface area contributed by atoms with Gasteiger partial charge >= 0.3 is 6.03 Å². The Morgan fingerprint density at radius 2 is 2.00 bits per heavy atom. The lowest BCUT2D eigenvalue weighted by Crippen LogP contribution is -2.52. The van der Waals surface area contributed by atoms with Crippen LogP contribution in [0.3, 0.4) is 0 Å². The lowest BCUT2D eigenvalue weighted by molar-refractivity contribution is 0.159. The van der Waals surface area contributed by atoms with Crippen LogP contribution < -0.4 is 11.1 Å². The molecule has 4 nitrogen and oxygen atoms in total. The highest BCUT2D eigenvalue weighted by Gasteiger charge is 2.39. The summed E-state index contributed by atoms with van der Waals surface area (Å²) in [6, 6.07) is 8.37. The summed E-state index contributed by atoms with van der Waals surface area (Å²) < 4.78 is 0. The van der Waals surface area contributed by atoms with Crippen LogP contribution in [0.1, 0.15) is 24.0 Å². The van der Waals surface area contributed by atoms with Crippen LogP contribution in [0.2, 0.25) is 0 Å². The first kappa shape index (κ1) is 11.5. The molecule has 0 atom stereocenters. The maximum absolute atomic E-state index is 11.2. The van der Waals surface area contributed by atoms with E-state index in [0.29, 0.717) is 0 Å². The van der Waals surface area contributed by atoms with Crippen molar-refractivity contribution in [3.63, 3.8) is 0 Å². The van der Waals surface area contributed by atoms with E-state index in [1.807, 2.05) is 0 Å². The van der Waals surface area contributed by atoms with Crippen LogP contribution in [-0.4, -0.2) is 30.6 Å². The van der Waals surface area contributed by atoms with Crippen molar-refractivity contribution in [3.05, 3.63) is 35.4 Å². The Hall–Kier alpha value is -1.55. The molecule has 18 heavy (non-hydrogen) atoms. The van der Waals surface area contributed by atoms with E-state index in [9.17, 15) is 4.79 Å². The van der Waals surface area contributed by atoms with Gasteiger partial charge in [-0.3, -0.25) is 0 Å². The molecule has 1 aromatic rings. The van der Waals surface area contributed by atoms with E-state index < -0.39 is 0 Å². The zero-order chi connectivity index (χ0) is 12.6. The molecule has 3 rings (SSSR count). The van der Waals surface area contributed by atoms with Gasteiger partial charge < -0.3 is 16.0 Å². The van der Waals surface area contributed by atoms with Crippen molar-refractivity contribution in [2.75, 3.05) is 19.6 Å². The Bertz CT molecular complexity index is 464. The SMILES string of the molecule is NC(=O)N1CCC2(CC1)CNCc1ccccc12. The third kappa shape index (κ3) is 1.77. The summed E-state index contributed by atoms with van der Waals surface area (Å²) in [6.07, 6.45) is 2.00. The number of likely N-dealkylation sites (tertiary alicyclic amines) is 1. The fraction of sp³-hybridized carbons (Fsp3) is 0.500. The molecule has 1 saturated heterocycles. The highest BCUT2D eigenvalue weighted by molar-refractivity contribution is 5.72. The molecule has 0 saturated carbocycles. The molecule has 2 heterocycles. The molecule has 3 N–H and O–H groups in total. The lowest BCUT2D eigenvalue weighted by Gasteiger charge is -2.45. The Morgan fingerprint density at radius 3 is 2.72 bits per heavy atom. The van der Waals surface area contributed by atoms with Crippen LogP contribution in [0.15, 0.2) is 24.3 Å². The number of rotatable bonds is 0. The molecule has 0 bridgehead atoms. The quantitative estimate of drug-likeness (QED) is 0.721. The highest BCUT2D eigenvalue weighted by atomic mass is 16.2. The zero-order valence-electron chi connectivity index (χ0n) is 10.5. The van der Waals surface area contributed by atoms with Crippen LogP contribution in [0.25, 0.3) is 0 Å². The van der Waals surface area contributed by atoms with Gasteiger partial charge in [-0.15, -0.1) is 0 Å². The number of hydrogen-bond acceptors (Lipinski definition) is 2. The average molecular weight is 245 g/mol. The smallest absolute Gasteiger partial charge is 0.314 e. The summed E-state index contributed by atoms with van der Waals surface area (Å²) in [5.74, 6) is 0. The molecule has 1 spiro atoms. The fourth-order valence-corrected chi connectivity index (χ4v) is 3.32. The predicted octanol–water partition coefficient (Wildman–Crippen LogP) is 1.20. The average Bonchev–Trinajstić information content (AvgIpc) is 2.40. The first-order chi connectivity index (χ1) is 8.71. The van der Waals surface area contributed by atoms with Crippen LogP contribution in [0, 0.1) is 0 Å². The lowest BCUT2D eigenvalue weighted by atomic mass is 9.69. The molecule has 1 fully saturated rings. The monoisotopic (exact) mass is 245 g/mol. The number of nitrogens with one attached hydrogen (secondary N) is 1. The molecule has 2 aliphatic rings. The standard InChI is InChI=1S/C14H19N3O/c15-13(18)17-7-5-14(6-8-17)10-16-9-11-3-1-2-4-12(11)14/h1-4,16H,5-10H2,(H2,15,18). The first-order valence-corrected chi connectivity index (χ1v) is 6.55. The number of nitrogens with zero attached hydrogens (tertiary/aromatic N) is 1. The minimum absolute atomic E-state index is 0.195. The number of carbonyl (C=O) groups is 1. The molecule has 1 aromatic carbocycles. The zero-order valence-corrected chi connectivity index (χ0v) is 10.5. The van der Waals surface area contributed by atoms with Gasteiger partial charge in [-0.1, -0.05) is 24.3 Å². The van der Waals surface area contributed by atoms with Crippen molar-refractivity contribution in [1.82, 2.24) is 10.2 Å². The van der Waals surface area contributed by atoms with Crippen LogP contribution in [-0.2, 0) is 12.0 Å². The molecule has 2 aliphatic heterocycles. The summed E-state index contributed by atoms with van der Waals surface area (Å²) in [5, 5.41) is 3.51. The maximum Gasteiger partial charge on any atom is 0.314 e. The van der Waals surface area contributed by atoms with Crippen LogP contribution in [0.5, 0.6) is 0 Å². The fourth-order valence-electron chi connectivity index (χ4n) is 3.32. The highest BCUT2D eigenvalue weighted by Crippen LogP contribution is 2.38. The number of carbonyl (C=O) groups excluding carboxylic acids is 1. The third-order valence-corrected chi connectivity index (χ3v) is 4.40. The third-order valence-electron chi connectivity index (χ3n) is 4.40. The molecule has 96 valence electrons. The maximum atomic E-state index is 11.2. The van der Waals surface area contributed by atoms with E-state index in [0.717, 1.165) is 39.0 Å². The van der Waals surface area contributed by atoms with Gasteiger partial charge in [-0.2, -0.15) is 0 Å². The normalized spacial score (nSPS) is 21.7. The Kier molecular flexibility index (Phi) is 2.74.